The minimum absolute atomic E-state index is 0.0428. The van der Waals surface area contributed by atoms with E-state index in [-0.39, 0.29) is 9.11 Å². The van der Waals surface area contributed by atoms with Crippen molar-refractivity contribution in [1.29, 1.82) is 0 Å². The number of alkyl halides is 3. The average Bonchev–Trinajstić information content (AvgIpc) is 1.82. The molecular formula is C6H3BrF3NS. The lowest BCUT2D eigenvalue weighted by atomic mass is 10.3. The van der Waals surface area contributed by atoms with Crippen molar-refractivity contribution in [3.8, 4) is 0 Å². The normalized spacial score (nSPS) is 11.7. The van der Waals surface area contributed by atoms with E-state index >= 15 is 0 Å². The number of hydrogen-bond acceptors (Lipinski definition) is 1. The van der Waals surface area contributed by atoms with E-state index in [2.05, 4.69) is 33.1 Å². The third kappa shape index (κ3) is 1.87. The van der Waals surface area contributed by atoms with Gasteiger partial charge in [-0.2, -0.15) is 13.2 Å². The van der Waals surface area contributed by atoms with Crippen molar-refractivity contribution >= 4 is 28.1 Å². The van der Waals surface area contributed by atoms with Crippen molar-refractivity contribution in [3.63, 3.8) is 0 Å². The van der Waals surface area contributed by atoms with Crippen LogP contribution in [0.3, 0.4) is 0 Å². The summed E-state index contributed by atoms with van der Waals surface area (Å²) in [4.78, 5) is 2.31. The third-order valence-electron chi connectivity index (χ3n) is 1.19. The summed E-state index contributed by atoms with van der Waals surface area (Å²) in [6, 6.07) is 1.26. The van der Waals surface area contributed by atoms with E-state index in [0.717, 1.165) is 0 Å². The van der Waals surface area contributed by atoms with E-state index in [1.54, 1.807) is 0 Å². The maximum atomic E-state index is 12.2. The van der Waals surface area contributed by atoms with Crippen LogP contribution in [0, 0.1) is 4.64 Å². The molecule has 0 bridgehead atoms. The third-order valence-corrected chi connectivity index (χ3v) is 2.18. The summed E-state index contributed by atoms with van der Waals surface area (Å²) in [6.45, 7) is 0. The zero-order valence-electron chi connectivity index (χ0n) is 5.57. The minimum Gasteiger partial charge on any atom is -0.352 e. The van der Waals surface area contributed by atoms with Crippen LogP contribution < -0.4 is 0 Å². The molecule has 1 aromatic rings. The predicted octanol–water partition coefficient (Wildman–Crippen LogP) is 3.53. The van der Waals surface area contributed by atoms with Gasteiger partial charge in [0.1, 0.15) is 10.2 Å². The van der Waals surface area contributed by atoms with Crippen molar-refractivity contribution in [2.75, 3.05) is 0 Å². The summed E-state index contributed by atoms with van der Waals surface area (Å²) in [5, 5.41) is 0. The summed E-state index contributed by atoms with van der Waals surface area (Å²) in [6.07, 6.45) is -3.06. The SMILES string of the molecule is FC(F)(F)c1c(Br)cc[nH]c1=S. The molecule has 1 N–H and O–H groups in total. The first-order valence-electron chi connectivity index (χ1n) is 2.87. The highest BCUT2D eigenvalue weighted by Crippen LogP contribution is 2.34. The quantitative estimate of drug-likeness (QED) is 0.704. The van der Waals surface area contributed by atoms with Gasteiger partial charge >= 0.3 is 6.18 Å². The van der Waals surface area contributed by atoms with Crippen LogP contribution in [0.2, 0.25) is 0 Å². The molecule has 0 aliphatic rings. The van der Waals surface area contributed by atoms with E-state index in [1.807, 2.05) is 0 Å². The first kappa shape index (κ1) is 9.73. The van der Waals surface area contributed by atoms with Crippen LogP contribution in [0.1, 0.15) is 5.56 Å². The second kappa shape index (κ2) is 3.18. The van der Waals surface area contributed by atoms with Crippen molar-refractivity contribution in [1.82, 2.24) is 4.98 Å². The van der Waals surface area contributed by atoms with Crippen molar-refractivity contribution < 1.29 is 13.2 Å². The van der Waals surface area contributed by atoms with E-state index in [0.29, 0.717) is 0 Å². The minimum atomic E-state index is -4.41. The molecule has 0 fully saturated rings. The molecule has 12 heavy (non-hydrogen) atoms. The number of aromatic nitrogens is 1. The Morgan fingerprint density at radius 3 is 2.33 bits per heavy atom. The topological polar surface area (TPSA) is 15.8 Å². The predicted molar refractivity (Wildman–Crippen MR) is 44.3 cm³/mol. The average molecular weight is 258 g/mol. The highest BCUT2D eigenvalue weighted by atomic mass is 79.9. The summed E-state index contributed by atoms with van der Waals surface area (Å²) in [7, 11) is 0. The molecule has 1 aromatic heterocycles. The Kier molecular flexibility index (Phi) is 2.58. The number of hydrogen-bond donors (Lipinski definition) is 1. The zero-order valence-corrected chi connectivity index (χ0v) is 7.98. The molecule has 0 saturated carbocycles. The Morgan fingerprint density at radius 2 is 2.00 bits per heavy atom. The molecule has 0 aromatic carbocycles. The van der Waals surface area contributed by atoms with E-state index in [4.69, 9.17) is 0 Å². The van der Waals surface area contributed by atoms with Gasteiger partial charge < -0.3 is 4.98 Å². The van der Waals surface area contributed by atoms with E-state index in [1.165, 1.54) is 12.3 Å². The van der Waals surface area contributed by atoms with Crippen LogP contribution in [-0.2, 0) is 6.18 Å². The second-order valence-electron chi connectivity index (χ2n) is 2.03. The molecule has 0 spiro atoms. The van der Waals surface area contributed by atoms with Gasteiger partial charge in [0.05, 0.1) is 0 Å². The molecular weight excluding hydrogens is 255 g/mol. The summed E-state index contributed by atoms with van der Waals surface area (Å²) < 4.78 is 36.2. The van der Waals surface area contributed by atoms with Gasteiger partial charge in [0.2, 0.25) is 0 Å². The standard InChI is InChI=1S/C6H3BrF3NS/c7-3-1-2-11-5(12)4(3)6(8,9)10/h1-2H,(H,11,12). The lowest BCUT2D eigenvalue weighted by molar-refractivity contribution is -0.138. The van der Waals surface area contributed by atoms with Gasteiger partial charge in [0.25, 0.3) is 0 Å². The molecule has 0 radical (unpaired) electrons. The maximum Gasteiger partial charge on any atom is 0.420 e. The molecule has 0 aliphatic heterocycles. The van der Waals surface area contributed by atoms with Gasteiger partial charge in [-0.25, -0.2) is 0 Å². The number of pyridine rings is 1. The monoisotopic (exact) mass is 257 g/mol. The Bertz CT molecular complexity index is 343. The molecule has 66 valence electrons. The summed E-state index contributed by atoms with van der Waals surface area (Å²) in [5.41, 5.74) is -0.833. The van der Waals surface area contributed by atoms with Crippen LogP contribution in [0.15, 0.2) is 16.7 Å². The van der Waals surface area contributed by atoms with Crippen LogP contribution in [0.5, 0.6) is 0 Å². The van der Waals surface area contributed by atoms with E-state index < -0.39 is 11.7 Å². The maximum absolute atomic E-state index is 12.2. The molecule has 6 heteroatoms. The van der Waals surface area contributed by atoms with Crippen molar-refractivity contribution in [2.45, 2.75) is 6.18 Å². The number of aromatic amines is 1. The largest absolute Gasteiger partial charge is 0.420 e. The fourth-order valence-corrected chi connectivity index (χ4v) is 1.70. The van der Waals surface area contributed by atoms with Crippen LogP contribution in [0.25, 0.3) is 0 Å². The van der Waals surface area contributed by atoms with Gasteiger partial charge in [0.15, 0.2) is 0 Å². The zero-order chi connectivity index (χ0) is 9.35. The summed E-state index contributed by atoms with van der Waals surface area (Å²) >= 11 is 7.26. The fourth-order valence-electron chi connectivity index (χ4n) is 0.719. The number of nitrogens with one attached hydrogen (secondary N) is 1. The lowest BCUT2D eigenvalue weighted by Gasteiger charge is -2.07. The molecule has 0 unspecified atom stereocenters. The smallest absolute Gasteiger partial charge is 0.352 e. The molecule has 1 heterocycles. The number of rotatable bonds is 0. The molecule has 0 atom stereocenters. The van der Waals surface area contributed by atoms with Gasteiger partial charge in [0, 0.05) is 10.7 Å². The van der Waals surface area contributed by atoms with Crippen molar-refractivity contribution in [3.05, 3.63) is 26.9 Å². The Labute approximate surface area is 79.7 Å². The van der Waals surface area contributed by atoms with Crippen LogP contribution >= 0.6 is 28.1 Å². The summed E-state index contributed by atoms with van der Waals surface area (Å²) in [5.74, 6) is 0. The molecule has 1 rings (SSSR count). The number of halogens is 4. The first-order valence-corrected chi connectivity index (χ1v) is 4.07. The Balaban J connectivity index is 3.42. The van der Waals surface area contributed by atoms with Gasteiger partial charge in [-0.3, -0.25) is 0 Å². The van der Waals surface area contributed by atoms with Crippen molar-refractivity contribution in [2.24, 2.45) is 0 Å². The Hall–Kier alpha value is -0.360. The molecule has 0 aliphatic carbocycles. The highest BCUT2D eigenvalue weighted by molar-refractivity contribution is 9.10. The number of H-pyrrole nitrogens is 1. The van der Waals surface area contributed by atoms with Gasteiger partial charge in [-0.05, 0) is 6.07 Å². The van der Waals surface area contributed by atoms with Crippen LogP contribution in [0.4, 0.5) is 13.2 Å². The second-order valence-corrected chi connectivity index (χ2v) is 3.29. The lowest BCUT2D eigenvalue weighted by Crippen LogP contribution is -2.07. The molecule has 0 saturated heterocycles. The Morgan fingerprint density at radius 1 is 1.42 bits per heavy atom. The highest BCUT2D eigenvalue weighted by Gasteiger charge is 2.34. The fraction of sp³-hybridized carbons (Fsp3) is 0.167. The molecule has 1 nitrogen and oxygen atoms in total. The first-order chi connectivity index (χ1) is 5.43. The van der Waals surface area contributed by atoms with Gasteiger partial charge in [-0.15, -0.1) is 0 Å². The molecule has 0 amide bonds. The van der Waals surface area contributed by atoms with Crippen LogP contribution in [-0.4, -0.2) is 4.98 Å². The van der Waals surface area contributed by atoms with E-state index in [9.17, 15) is 13.2 Å². The van der Waals surface area contributed by atoms with Gasteiger partial charge in [-0.1, -0.05) is 28.1 Å².